The van der Waals surface area contributed by atoms with Gasteiger partial charge in [-0.2, -0.15) is 0 Å². The Labute approximate surface area is 94.8 Å². The molecule has 0 amide bonds. The van der Waals surface area contributed by atoms with Crippen LogP contribution >= 0.6 is 31.9 Å². The third kappa shape index (κ3) is 2.80. The molecule has 13 heavy (non-hydrogen) atoms. The van der Waals surface area contributed by atoms with E-state index in [0.29, 0.717) is 16.7 Å². The van der Waals surface area contributed by atoms with Crippen molar-refractivity contribution in [3.8, 4) is 0 Å². The average Bonchev–Trinajstić information content (AvgIpc) is 2.66. The van der Waals surface area contributed by atoms with Crippen molar-refractivity contribution in [2.75, 3.05) is 10.7 Å². The van der Waals surface area contributed by atoms with Gasteiger partial charge in [-0.05, 0) is 12.1 Å². The lowest BCUT2D eigenvalue weighted by Gasteiger charge is -2.05. The highest BCUT2D eigenvalue weighted by Gasteiger charge is 2.11. The van der Waals surface area contributed by atoms with Gasteiger partial charge in [0, 0.05) is 22.0 Å². The van der Waals surface area contributed by atoms with Crippen molar-refractivity contribution in [2.45, 2.75) is 12.2 Å². The summed E-state index contributed by atoms with van der Waals surface area (Å²) in [5.41, 5.74) is 0.952. The van der Waals surface area contributed by atoms with Gasteiger partial charge in [0.25, 0.3) is 0 Å². The molecule has 0 spiro atoms. The van der Waals surface area contributed by atoms with Crippen LogP contribution in [-0.2, 0) is 0 Å². The average molecular weight is 314 g/mol. The number of halogens is 2. The van der Waals surface area contributed by atoms with Gasteiger partial charge in [-0.1, -0.05) is 31.9 Å². The van der Waals surface area contributed by atoms with Gasteiger partial charge in [0.2, 0.25) is 0 Å². The van der Waals surface area contributed by atoms with E-state index in [4.69, 9.17) is 1.37 Å². The summed E-state index contributed by atoms with van der Waals surface area (Å²) in [6.07, 6.45) is -2.32. The van der Waals surface area contributed by atoms with E-state index >= 15 is 0 Å². The Morgan fingerprint density at radius 3 is 2.46 bits per heavy atom. The van der Waals surface area contributed by atoms with Gasteiger partial charge >= 0.3 is 0 Å². The van der Waals surface area contributed by atoms with Gasteiger partial charge in [-0.3, -0.25) is 0 Å². The second-order valence-corrected chi connectivity index (χ2v) is 3.79. The highest BCUT2D eigenvalue weighted by atomic mass is 79.9. The molecular formula is C8H11Br2NO2. The van der Waals surface area contributed by atoms with Gasteiger partial charge in [0.1, 0.15) is 12.2 Å². The van der Waals surface area contributed by atoms with Crippen LogP contribution in [0, 0.1) is 0 Å². The molecule has 5 heteroatoms. The largest absolute Gasteiger partial charge is 0.386 e. The molecule has 2 unspecified atom stereocenters. The van der Waals surface area contributed by atoms with E-state index in [2.05, 4.69) is 36.8 Å². The smallest absolute Gasteiger partial charge is 0.103 e. The summed E-state index contributed by atoms with van der Waals surface area (Å²) < 4.78 is 7.51. The number of rotatable bonds is 4. The summed E-state index contributed by atoms with van der Waals surface area (Å²) in [5.74, 6) is 0. The molecule has 1 heterocycles. The molecule has 0 aliphatic heterocycles. The van der Waals surface area contributed by atoms with E-state index in [0.717, 1.165) is 0 Å². The molecule has 1 rings (SSSR count). The second-order valence-electron chi connectivity index (χ2n) is 2.58. The summed E-state index contributed by atoms with van der Waals surface area (Å²) in [6.45, 7) is 0. The van der Waals surface area contributed by atoms with Crippen molar-refractivity contribution in [1.82, 2.24) is 4.98 Å². The van der Waals surface area contributed by atoms with Crippen LogP contribution in [0.1, 0.15) is 24.9 Å². The number of hydrogen-bond acceptors (Lipinski definition) is 2. The van der Waals surface area contributed by atoms with E-state index in [9.17, 15) is 10.2 Å². The van der Waals surface area contributed by atoms with Gasteiger partial charge in [0.05, 0.1) is 1.37 Å². The minimum atomic E-state index is -1.68. The normalized spacial score (nSPS) is 19.2. The molecule has 0 aromatic carbocycles. The Kier molecular flexibility index (Phi) is 3.84. The summed E-state index contributed by atoms with van der Waals surface area (Å²) in [6, 6.07) is 3.25. The summed E-state index contributed by atoms with van der Waals surface area (Å²) in [4.78, 5) is 2.81. The Hall–Kier alpha value is 0.160. The van der Waals surface area contributed by atoms with Crippen LogP contribution in [0.5, 0.6) is 0 Å². The van der Waals surface area contributed by atoms with Crippen LogP contribution in [0.4, 0.5) is 0 Å². The number of aromatic nitrogens is 1. The van der Waals surface area contributed by atoms with Gasteiger partial charge in [0.15, 0.2) is 0 Å². The van der Waals surface area contributed by atoms with E-state index in [-0.39, 0.29) is 5.33 Å². The van der Waals surface area contributed by atoms with Crippen molar-refractivity contribution in [3.05, 3.63) is 23.5 Å². The Morgan fingerprint density at radius 1 is 1.31 bits per heavy atom. The molecule has 0 bridgehead atoms. The van der Waals surface area contributed by atoms with Crippen LogP contribution in [0.2, 0.25) is 0 Å². The highest BCUT2D eigenvalue weighted by molar-refractivity contribution is 9.09. The molecule has 3 N–H and O–H groups in total. The van der Waals surface area contributed by atoms with E-state index in [1.165, 1.54) is 0 Å². The summed E-state index contributed by atoms with van der Waals surface area (Å²) >= 11 is 6.18. The zero-order chi connectivity index (χ0) is 10.8. The number of aliphatic hydroxyl groups is 2. The van der Waals surface area contributed by atoms with Crippen molar-refractivity contribution in [3.63, 3.8) is 0 Å². The molecule has 0 saturated carbocycles. The predicted octanol–water partition coefficient (Wildman–Crippen LogP) is 1.87. The number of alkyl halides is 2. The van der Waals surface area contributed by atoms with Crippen LogP contribution in [-0.4, -0.2) is 25.9 Å². The maximum absolute atomic E-state index is 9.56. The first kappa shape index (κ1) is 9.71. The third-order valence-corrected chi connectivity index (χ3v) is 2.80. The van der Waals surface area contributed by atoms with Crippen molar-refractivity contribution >= 4 is 31.9 Å². The zero-order valence-electron chi connectivity index (χ0n) is 7.80. The van der Waals surface area contributed by atoms with Crippen LogP contribution < -0.4 is 0 Å². The lowest BCUT2D eigenvalue weighted by atomic mass is 10.3. The lowest BCUT2D eigenvalue weighted by molar-refractivity contribution is 0.192. The fourth-order valence-electron chi connectivity index (χ4n) is 0.930. The predicted molar refractivity (Wildman–Crippen MR) is 58.3 cm³/mol. The van der Waals surface area contributed by atoms with Gasteiger partial charge < -0.3 is 15.2 Å². The maximum atomic E-state index is 9.56. The Bertz CT molecular complexity index is 303. The van der Waals surface area contributed by atoms with Crippen molar-refractivity contribution in [1.29, 1.82) is 0 Å². The molecule has 0 radical (unpaired) electrons. The molecule has 1 aromatic heterocycles. The molecule has 0 saturated heterocycles. The van der Waals surface area contributed by atoms with Gasteiger partial charge in [-0.25, -0.2) is 0 Å². The molecule has 3 nitrogen and oxygen atoms in total. The quantitative estimate of drug-likeness (QED) is 0.743. The molecule has 2 atom stereocenters. The SMILES string of the molecule is [2H]C(O)(CBr)c1ccc(C(O)CBr)[nH]1. The molecular weight excluding hydrogens is 302 g/mol. The minimum Gasteiger partial charge on any atom is -0.386 e. The first-order valence-corrected chi connectivity index (χ1v) is 5.97. The number of aromatic amines is 1. The fraction of sp³-hybridized carbons (Fsp3) is 0.500. The topological polar surface area (TPSA) is 56.2 Å². The number of nitrogens with one attached hydrogen (secondary N) is 1. The first-order chi connectivity index (χ1) is 6.51. The van der Waals surface area contributed by atoms with Gasteiger partial charge in [-0.15, -0.1) is 0 Å². The monoisotopic (exact) mass is 312 g/mol. The van der Waals surface area contributed by atoms with E-state index in [1.807, 2.05) is 0 Å². The van der Waals surface area contributed by atoms with E-state index < -0.39 is 12.2 Å². The minimum absolute atomic E-state index is 0.115. The Balaban J connectivity index is 2.88. The number of H-pyrrole nitrogens is 1. The number of aliphatic hydroxyl groups excluding tert-OH is 1. The second kappa shape index (κ2) is 5.14. The van der Waals surface area contributed by atoms with E-state index in [1.54, 1.807) is 12.1 Å². The third-order valence-electron chi connectivity index (χ3n) is 1.65. The zero-order valence-corrected chi connectivity index (χ0v) is 9.97. The van der Waals surface area contributed by atoms with Crippen LogP contribution in [0.3, 0.4) is 0 Å². The fourth-order valence-corrected chi connectivity index (χ4v) is 1.58. The molecule has 74 valence electrons. The molecule has 0 aliphatic rings. The van der Waals surface area contributed by atoms with Crippen molar-refractivity contribution < 1.29 is 11.6 Å². The molecule has 0 fully saturated rings. The Morgan fingerprint density at radius 2 is 1.92 bits per heavy atom. The molecule has 0 aliphatic carbocycles. The van der Waals surface area contributed by atoms with Crippen LogP contribution in [0.15, 0.2) is 12.1 Å². The lowest BCUT2D eigenvalue weighted by Crippen LogP contribution is -2.02. The maximum Gasteiger partial charge on any atom is 0.103 e. The van der Waals surface area contributed by atoms with Crippen LogP contribution in [0.25, 0.3) is 0 Å². The standard InChI is InChI=1S/C8H11Br2NO2/c9-3-7(12)5-1-2-6(11-5)8(13)4-10/h1-2,7-8,11-13H,3-4H2/i7D. The first-order valence-electron chi connectivity index (χ1n) is 4.23. The highest BCUT2D eigenvalue weighted by Crippen LogP contribution is 2.19. The number of hydrogen-bond donors (Lipinski definition) is 3. The van der Waals surface area contributed by atoms with Crippen molar-refractivity contribution in [2.24, 2.45) is 0 Å². The summed E-state index contributed by atoms with van der Waals surface area (Å²) in [5, 5.41) is 19.5. The molecule has 1 aromatic rings. The summed E-state index contributed by atoms with van der Waals surface area (Å²) in [7, 11) is 0.